The highest BCUT2D eigenvalue weighted by Gasteiger charge is 2.26. The van der Waals surface area contributed by atoms with E-state index in [0.717, 1.165) is 46.0 Å². The Morgan fingerprint density at radius 2 is 1.83 bits per heavy atom. The van der Waals surface area contributed by atoms with Gasteiger partial charge in [-0.05, 0) is 89.2 Å². The van der Waals surface area contributed by atoms with Crippen LogP contribution in [0.1, 0.15) is 79.8 Å². The molecule has 1 aliphatic carbocycles. The molecule has 0 aromatic carbocycles. The third-order valence-electron chi connectivity index (χ3n) is 6.60. The van der Waals surface area contributed by atoms with Gasteiger partial charge in [0.05, 0.1) is 11.8 Å². The molecule has 0 spiro atoms. The molecule has 2 aromatic heterocycles. The van der Waals surface area contributed by atoms with E-state index in [1.165, 1.54) is 23.3 Å². The molecule has 1 unspecified atom stereocenters. The van der Waals surface area contributed by atoms with Gasteiger partial charge in [-0.3, -0.25) is 9.88 Å². The summed E-state index contributed by atoms with van der Waals surface area (Å²) in [7, 11) is 1.65. The normalized spacial score (nSPS) is 16.6. The number of allylic oxidation sites excluding steroid dienone is 4. The van der Waals surface area contributed by atoms with E-state index in [9.17, 15) is 9.90 Å². The first-order valence-electron chi connectivity index (χ1n) is 12.9. The minimum absolute atomic E-state index is 0.431. The Morgan fingerprint density at radius 1 is 1.19 bits per heavy atom. The molecule has 0 radical (unpaired) electrons. The van der Waals surface area contributed by atoms with Crippen LogP contribution < -0.4 is 4.90 Å². The van der Waals surface area contributed by atoms with Crippen molar-refractivity contribution in [2.75, 3.05) is 11.9 Å². The quantitative estimate of drug-likeness (QED) is 0.394. The van der Waals surface area contributed by atoms with Crippen LogP contribution in [0.15, 0.2) is 53.4 Å². The number of anilines is 1. The molecule has 1 fully saturated rings. The van der Waals surface area contributed by atoms with Crippen LogP contribution in [0.5, 0.6) is 0 Å². The van der Waals surface area contributed by atoms with Crippen LogP contribution in [0.2, 0.25) is 0 Å². The zero-order chi connectivity index (χ0) is 26.6. The highest BCUT2D eigenvalue weighted by molar-refractivity contribution is 5.92. The number of pyridine rings is 2. The highest BCUT2D eigenvalue weighted by atomic mass is 16.6. The number of fused-ring (bicyclic) bond motifs is 1. The van der Waals surface area contributed by atoms with Gasteiger partial charge in [-0.1, -0.05) is 37.5 Å². The molecule has 6 nitrogen and oxygen atoms in total. The van der Waals surface area contributed by atoms with Crippen LogP contribution in [-0.2, 0) is 4.74 Å². The number of aliphatic hydroxyl groups is 1. The maximum Gasteiger partial charge on any atom is 0.415 e. The maximum atomic E-state index is 12.4. The van der Waals surface area contributed by atoms with Gasteiger partial charge >= 0.3 is 6.09 Å². The molecule has 3 rings (SSSR count). The van der Waals surface area contributed by atoms with Gasteiger partial charge < -0.3 is 9.84 Å². The second-order valence-corrected chi connectivity index (χ2v) is 10.8. The number of amides is 1. The zero-order valence-corrected chi connectivity index (χ0v) is 23.1. The summed E-state index contributed by atoms with van der Waals surface area (Å²) < 4.78 is 5.45. The molecule has 0 saturated heterocycles. The number of carbonyl (C=O) groups excluding carboxylic acids is 1. The Kier molecular flexibility index (Phi) is 8.72. The van der Waals surface area contributed by atoms with Crippen LogP contribution in [-0.4, -0.2) is 39.9 Å². The van der Waals surface area contributed by atoms with Crippen molar-refractivity contribution in [2.45, 2.75) is 85.9 Å². The minimum atomic E-state index is -0.578. The van der Waals surface area contributed by atoms with Crippen LogP contribution in [0.4, 0.5) is 10.6 Å². The van der Waals surface area contributed by atoms with Crippen molar-refractivity contribution in [3.05, 3.63) is 59.1 Å². The van der Waals surface area contributed by atoms with Gasteiger partial charge in [-0.2, -0.15) is 0 Å². The highest BCUT2D eigenvalue weighted by Crippen LogP contribution is 2.36. The average Bonchev–Trinajstić information content (AvgIpc) is 3.64. The van der Waals surface area contributed by atoms with E-state index >= 15 is 0 Å². The van der Waals surface area contributed by atoms with Gasteiger partial charge in [-0.15, -0.1) is 0 Å². The molecule has 2 aromatic rings. The number of aromatic nitrogens is 2. The molecule has 0 aliphatic heterocycles. The molecular weight excluding hydrogens is 450 g/mol. The summed E-state index contributed by atoms with van der Waals surface area (Å²) in [6, 6.07) is 3.86. The molecule has 0 bridgehead atoms. The third kappa shape index (κ3) is 7.03. The van der Waals surface area contributed by atoms with Crippen molar-refractivity contribution in [3.8, 4) is 0 Å². The van der Waals surface area contributed by atoms with E-state index in [1.54, 1.807) is 13.2 Å². The topological polar surface area (TPSA) is 75.6 Å². The summed E-state index contributed by atoms with van der Waals surface area (Å²) in [6.45, 7) is 13.8. The summed E-state index contributed by atoms with van der Waals surface area (Å²) in [5, 5.41) is 12.7. The van der Waals surface area contributed by atoms with Crippen molar-refractivity contribution < 1.29 is 14.6 Å². The van der Waals surface area contributed by atoms with Gasteiger partial charge in [-0.25, -0.2) is 9.78 Å². The second kappa shape index (κ2) is 11.4. The lowest BCUT2D eigenvalue weighted by Gasteiger charge is -2.24. The monoisotopic (exact) mass is 491 g/mol. The fourth-order valence-corrected chi connectivity index (χ4v) is 4.17. The number of nitrogens with zero attached hydrogens (tertiary/aromatic N) is 3. The van der Waals surface area contributed by atoms with Gasteiger partial charge in [0, 0.05) is 30.2 Å². The van der Waals surface area contributed by atoms with Gasteiger partial charge in [0.1, 0.15) is 11.4 Å². The Morgan fingerprint density at radius 3 is 2.42 bits per heavy atom. The molecule has 1 N–H and O–H groups in total. The van der Waals surface area contributed by atoms with Crippen LogP contribution in [0.3, 0.4) is 0 Å². The standard InChI is InChI=1S/C30H41N3O3/c1-9-19(3)25(27(34)14-21-11-12-21)13-20(4)24(10-2)26-15-22-18-32-28(16-23(22)17-31-26)33(8)29(35)36-30(5,6)7/h10,13,15-18,21,27,34H,9,11-12,14H2,1-8H3/b20-13-,24-10+,25-19-. The lowest BCUT2D eigenvalue weighted by atomic mass is 9.93. The lowest BCUT2D eigenvalue weighted by molar-refractivity contribution is 0.0588. The smallest absolute Gasteiger partial charge is 0.415 e. The number of hydrogen-bond donors (Lipinski definition) is 1. The Labute approximate surface area is 215 Å². The minimum Gasteiger partial charge on any atom is -0.443 e. The van der Waals surface area contributed by atoms with Crippen molar-refractivity contribution in [2.24, 2.45) is 5.92 Å². The molecule has 1 aliphatic rings. The predicted octanol–water partition coefficient (Wildman–Crippen LogP) is 7.24. The van der Waals surface area contributed by atoms with Crippen molar-refractivity contribution in [1.82, 2.24) is 9.97 Å². The van der Waals surface area contributed by atoms with Crippen LogP contribution >= 0.6 is 0 Å². The SMILES string of the molecule is C\C=C(/C(C)=C\C(=C(/C)CC)C(O)CC1CC1)c1cc2cnc(N(C)C(=O)OC(C)(C)C)cc2cn1. The number of ether oxygens (including phenoxy) is 1. The Bertz CT molecular complexity index is 1200. The van der Waals surface area contributed by atoms with Crippen LogP contribution in [0.25, 0.3) is 16.3 Å². The van der Waals surface area contributed by atoms with E-state index in [-0.39, 0.29) is 0 Å². The summed E-state index contributed by atoms with van der Waals surface area (Å²) in [5.74, 6) is 1.16. The lowest BCUT2D eigenvalue weighted by Crippen LogP contribution is -2.34. The molecule has 2 heterocycles. The Hall–Kier alpha value is -2.99. The van der Waals surface area contributed by atoms with E-state index in [1.807, 2.05) is 46.0 Å². The molecule has 194 valence electrons. The predicted molar refractivity (Wildman–Crippen MR) is 148 cm³/mol. The molecule has 1 atom stereocenters. The maximum absolute atomic E-state index is 12.4. The first-order valence-corrected chi connectivity index (χ1v) is 12.9. The van der Waals surface area contributed by atoms with Crippen LogP contribution in [0, 0.1) is 5.92 Å². The zero-order valence-electron chi connectivity index (χ0n) is 23.1. The summed E-state index contributed by atoms with van der Waals surface area (Å²) in [5.41, 5.74) is 4.60. The largest absolute Gasteiger partial charge is 0.443 e. The molecule has 1 saturated carbocycles. The first-order chi connectivity index (χ1) is 16.9. The van der Waals surface area contributed by atoms with E-state index < -0.39 is 17.8 Å². The fraction of sp³-hybridized carbons (Fsp3) is 0.500. The van der Waals surface area contributed by atoms with E-state index in [0.29, 0.717) is 11.7 Å². The molecule has 1 amide bonds. The van der Waals surface area contributed by atoms with E-state index in [4.69, 9.17) is 9.72 Å². The molecule has 36 heavy (non-hydrogen) atoms. The average molecular weight is 492 g/mol. The number of rotatable bonds is 8. The Balaban J connectivity index is 1.88. The summed E-state index contributed by atoms with van der Waals surface area (Å²) >= 11 is 0. The number of hydrogen-bond acceptors (Lipinski definition) is 5. The molecule has 6 heteroatoms. The van der Waals surface area contributed by atoms with Gasteiger partial charge in [0.2, 0.25) is 0 Å². The summed E-state index contributed by atoms with van der Waals surface area (Å²) in [6.07, 6.45) is 11.1. The third-order valence-corrected chi connectivity index (χ3v) is 6.60. The fourth-order valence-electron chi connectivity index (χ4n) is 4.17. The van der Waals surface area contributed by atoms with Crippen molar-refractivity contribution in [1.29, 1.82) is 0 Å². The van der Waals surface area contributed by atoms with E-state index in [2.05, 4.69) is 37.9 Å². The van der Waals surface area contributed by atoms with Crippen molar-refractivity contribution >= 4 is 28.3 Å². The number of aliphatic hydroxyl groups excluding tert-OH is 1. The van der Waals surface area contributed by atoms with Gasteiger partial charge in [0.25, 0.3) is 0 Å². The number of carbonyl (C=O) groups is 1. The second-order valence-electron chi connectivity index (χ2n) is 10.8. The van der Waals surface area contributed by atoms with Crippen molar-refractivity contribution in [3.63, 3.8) is 0 Å². The summed E-state index contributed by atoms with van der Waals surface area (Å²) in [4.78, 5) is 23.1. The first kappa shape index (κ1) is 27.6. The molecular formula is C30H41N3O3. The van der Waals surface area contributed by atoms with Gasteiger partial charge in [0.15, 0.2) is 0 Å².